The predicted octanol–water partition coefficient (Wildman–Crippen LogP) is -0.274. The molecule has 0 unspecified atom stereocenters. The van der Waals surface area contributed by atoms with Gasteiger partial charge in [0.25, 0.3) is 0 Å². The first-order valence-electron chi connectivity index (χ1n) is 7.21. The maximum atomic E-state index is 11.9. The fraction of sp³-hybridized carbons (Fsp3) is 0.769. The molecule has 0 aliphatic carbocycles. The second-order valence-electron chi connectivity index (χ2n) is 5.58. The highest BCUT2D eigenvalue weighted by Crippen LogP contribution is 2.12. The van der Waals surface area contributed by atoms with E-state index in [1.807, 2.05) is 0 Å². The van der Waals surface area contributed by atoms with Crippen molar-refractivity contribution < 1.29 is 4.79 Å². The lowest BCUT2D eigenvalue weighted by Gasteiger charge is -2.34. The van der Waals surface area contributed by atoms with E-state index in [1.165, 1.54) is 4.68 Å². The topological polar surface area (TPSA) is 89.1 Å². The van der Waals surface area contributed by atoms with Crippen LogP contribution in [0.1, 0.15) is 32.4 Å². The molecule has 1 amide bonds. The minimum absolute atomic E-state index is 0.0125. The van der Waals surface area contributed by atoms with E-state index < -0.39 is 0 Å². The molecule has 0 saturated carbocycles. The first-order chi connectivity index (χ1) is 9.58. The molecule has 1 aliphatic heterocycles. The molecular weight excluding hydrogens is 256 g/mol. The van der Waals surface area contributed by atoms with Crippen LogP contribution in [0.3, 0.4) is 0 Å². The lowest BCUT2D eigenvalue weighted by Crippen LogP contribution is -2.47. The number of aromatic nitrogens is 3. The molecule has 7 heteroatoms. The highest BCUT2D eigenvalue weighted by Gasteiger charge is 2.22. The Balaban J connectivity index is 1.75. The third kappa shape index (κ3) is 4.01. The number of nitrogens with one attached hydrogen (secondary N) is 1. The second-order valence-corrected chi connectivity index (χ2v) is 5.58. The van der Waals surface area contributed by atoms with E-state index in [9.17, 15) is 4.79 Å². The Bertz CT molecular complexity index is 436. The van der Waals surface area contributed by atoms with Gasteiger partial charge >= 0.3 is 0 Å². The van der Waals surface area contributed by atoms with Gasteiger partial charge in [0.1, 0.15) is 6.54 Å². The number of amides is 1. The average molecular weight is 280 g/mol. The molecule has 1 aromatic heterocycles. The summed E-state index contributed by atoms with van der Waals surface area (Å²) in [5.41, 5.74) is 6.16. The Morgan fingerprint density at radius 2 is 2.20 bits per heavy atom. The third-order valence-corrected chi connectivity index (χ3v) is 3.73. The highest BCUT2D eigenvalue weighted by molar-refractivity contribution is 5.75. The smallest absolute Gasteiger partial charge is 0.242 e. The average Bonchev–Trinajstić information content (AvgIpc) is 2.86. The van der Waals surface area contributed by atoms with Gasteiger partial charge in [0.05, 0.1) is 11.9 Å². The number of hydrogen-bond donors (Lipinski definition) is 2. The molecule has 0 aromatic carbocycles. The summed E-state index contributed by atoms with van der Waals surface area (Å²) in [5.74, 6) is -0.0125. The molecule has 2 rings (SSSR count). The zero-order valence-corrected chi connectivity index (χ0v) is 12.2. The first-order valence-corrected chi connectivity index (χ1v) is 7.21. The molecule has 2 heterocycles. The zero-order chi connectivity index (χ0) is 14.5. The standard InChI is InChI=1S/C13H24N6O/c1-10(2)18-5-3-11(4-6-18)15-13(20)9-19-8-12(7-14)16-17-19/h8,10-11H,3-7,9,14H2,1-2H3,(H,15,20). The Labute approximate surface area is 119 Å². The van der Waals surface area contributed by atoms with Crippen molar-refractivity contribution in [1.29, 1.82) is 0 Å². The van der Waals surface area contributed by atoms with E-state index in [2.05, 4.69) is 34.4 Å². The van der Waals surface area contributed by atoms with Crippen LogP contribution >= 0.6 is 0 Å². The minimum atomic E-state index is -0.0125. The molecule has 0 radical (unpaired) electrons. The van der Waals surface area contributed by atoms with Gasteiger partial charge in [-0.1, -0.05) is 5.21 Å². The van der Waals surface area contributed by atoms with Crippen LogP contribution in [0.15, 0.2) is 6.20 Å². The summed E-state index contributed by atoms with van der Waals surface area (Å²) < 4.78 is 1.53. The predicted molar refractivity (Wildman–Crippen MR) is 75.8 cm³/mol. The van der Waals surface area contributed by atoms with Crippen molar-refractivity contribution in [2.45, 2.75) is 51.9 Å². The number of hydrogen-bond acceptors (Lipinski definition) is 5. The Morgan fingerprint density at radius 1 is 1.50 bits per heavy atom. The van der Waals surface area contributed by atoms with Gasteiger partial charge < -0.3 is 16.0 Å². The van der Waals surface area contributed by atoms with Crippen molar-refractivity contribution in [1.82, 2.24) is 25.2 Å². The molecule has 1 aromatic rings. The number of carbonyl (C=O) groups is 1. The molecule has 1 aliphatic rings. The fourth-order valence-electron chi connectivity index (χ4n) is 2.49. The summed E-state index contributed by atoms with van der Waals surface area (Å²) >= 11 is 0. The van der Waals surface area contributed by atoms with Crippen LogP contribution in [-0.4, -0.2) is 51.0 Å². The molecule has 1 fully saturated rings. The number of nitrogens with zero attached hydrogens (tertiary/aromatic N) is 4. The Morgan fingerprint density at radius 3 is 2.75 bits per heavy atom. The lowest BCUT2D eigenvalue weighted by molar-refractivity contribution is -0.122. The van der Waals surface area contributed by atoms with Crippen molar-refractivity contribution in [3.8, 4) is 0 Å². The van der Waals surface area contributed by atoms with Crippen molar-refractivity contribution in [2.24, 2.45) is 5.73 Å². The van der Waals surface area contributed by atoms with E-state index in [-0.39, 0.29) is 18.5 Å². The van der Waals surface area contributed by atoms with Crippen LogP contribution in [0.25, 0.3) is 0 Å². The molecular formula is C13H24N6O. The summed E-state index contributed by atoms with van der Waals surface area (Å²) in [5, 5.41) is 10.8. The Hall–Kier alpha value is -1.47. The van der Waals surface area contributed by atoms with Crippen molar-refractivity contribution in [3.05, 3.63) is 11.9 Å². The first kappa shape index (κ1) is 14.9. The van der Waals surface area contributed by atoms with Gasteiger partial charge in [-0.3, -0.25) is 4.79 Å². The molecule has 20 heavy (non-hydrogen) atoms. The minimum Gasteiger partial charge on any atom is -0.352 e. The normalized spacial score (nSPS) is 17.6. The van der Waals surface area contributed by atoms with Crippen LogP contribution in [0.4, 0.5) is 0 Å². The van der Waals surface area contributed by atoms with Gasteiger partial charge in [-0.25, -0.2) is 4.68 Å². The highest BCUT2D eigenvalue weighted by atomic mass is 16.2. The SMILES string of the molecule is CC(C)N1CCC(NC(=O)Cn2cc(CN)nn2)CC1. The monoisotopic (exact) mass is 280 g/mol. The Kier molecular flexibility index (Phi) is 5.08. The van der Waals surface area contributed by atoms with Crippen LogP contribution < -0.4 is 11.1 Å². The molecule has 0 spiro atoms. The van der Waals surface area contributed by atoms with Crippen molar-refractivity contribution in [2.75, 3.05) is 13.1 Å². The maximum Gasteiger partial charge on any atom is 0.242 e. The molecule has 7 nitrogen and oxygen atoms in total. The quantitative estimate of drug-likeness (QED) is 0.775. The molecule has 1 saturated heterocycles. The summed E-state index contributed by atoms with van der Waals surface area (Å²) in [4.78, 5) is 14.4. The van der Waals surface area contributed by atoms with E-state index in [0.717, 1.165) is 25.9 Å². The summed E-state index contributed by atoms with van der Waals surface area (Å²) in [7, 11) is 0. The van der Waals surface area contributed by atoms with Gasteiger partial charge in [-0.05, 0) is 26.7 Å². The van der Waals surface area contributed by atoms with E-state index in [4.69, 9.17) is 5.73 Å². The van der Waals surface area contributed by atoms with Crippen LogP contribution in [0.2, 0.25) is 0 Å². The van der Waals surface area contributed by atoms with Gasteiger partial charge in [-0.15, -0.1) is 5.10 Å². The fourth-order valence-corrected chi connectivity index (χ4v) is 2.49. The third-order valence-electron chi connectivity index (χ3n) is 3.73. The number of rotatable bonds is 5. The molecule has 3 N–H and O–H groups in total. The maximum absolute atomic E-state index is 11.9. The van der Waals surface area contributed by atoms with Crippen molar-refractivity contribution in [3.63, 3.8) is 0 Å². The van der Waals surface area contributed by atoms with Gasteiger partial charge in [0.15, 0.2) is 0 Å². The van der Waals surface area contributed by atoms with Crippen LogP contribution in [0.5, 0.6) is 0 Å². The van der Waals surface area contributed by atoms with Gasteiger partial charge in [0.2, 0.25) is 5.91 Å². The van der Waals surface area contributed by atoms with Gasteiger partial charge in [-0.2, -0.15) is 0 Å². The summed E-state index contributed by atoms with van der Waals surface area (Å²) in [6.45, 7) is 7.05. The summed E-state index contributed by atoms with van der Waals surface area (Å²) in [6, 6.07) is 0.853. The van der Waals surface area contributed by atoms with E-state index >= 15 is 0 Å². The molecule has 112 valence electrons. The largest absolute Gasteiger partial charge is 0.352 e. The van der Waals surface area contributed by atoms with Crippen LogP contribution in [-0.2, 0) is 17.9 Å². The van der Waals surface area contributed by atoms with E-state index in [0.29, 0.717) is 18.3 Å². The summed E-state index contributed by atoms with van der Waals surface area (Å²) in [6.07, 6.45) is 3.73. The van der Waals surface area contributed by atoms with Gasteiger partial charge in [0, 0.05) is 31.7 Å². The molecule has 0 atom stereocenters. The zero-order valence-electron chi connectivity index (χ0n) is 12.2. The number of carbonyl (C=O) groups excluding carboxylic acids is 1. The van der Waals surface area contributed by atoms with Crippen LogP contribution in [0, 0.1) is 0 Å². The molecule has 0 bridgehead atoms. The van der Waals surface area contributed by atoms with Crippen molar-refractivity contribution >= 4 is 5.91 Å². The number of nitrogens with two attached hydrogens (primary N) is 1. The second kappa shape index (κ2) is 6.81. The number of piperidine rings is 1. The van der Waals surface area contributed by atoms with E-state index in [1.54, 1.807) is 6.20 Å². The lowest BCUT2D eigenvalue weighted by atomic mass is 10.0. The number of likely N-dealkylation sites (tertiary alicyclic amines) is 1.